The fraction of sp³-hybridized carbons (Fsp3) is 0.545. The summed E-state index contributed by atoms with van der Waals surface area (Å²) in [5, 5.41) is 4.17. The standard InChI is InChI=1S/C11H16N6O2S/c1-9-7-10(17-11(14-9)12-8-13-17)15-3-5-16(6-4-15)20(2,18)19/h7-8H,3-6H2,1-2H3. The molecule has 1 saturated heterocycles. The Hall–Kier alpha value is -1.74. The Balaban J connectivity index is 1.89. The van der Waals surface area contributed by atoms with E-state index in [9.17, 15) is 8.42 Å². The van der Waals surface area contributed by atoms with Gasteiger partial charge in [-0.15, -0.1) is 0 Å². The van der Waals surface area contributed by atoms with Crippen LogP contribution < -0.4 is 4.90 Å². The highest BCUT2D eigenvalue weighted by Gasteiger charge is 2.25. The van der Waals surface area contributed by atoms with Crippen LogP contribution in [0.25, 0.3) is 5.78 Å². The zero-order valence-corrected chi connectivity index (χ0v) is 12.2. The summed E-state index contributed by atoms with van der Waals surface area (Å²) < 4.78 is 26.2. The van der Waals surface area contributed by atoms with Gasteiger partial charge in [0.1, 0.15) is 12.1 Å². The van der Waals surface area contributed by atoms with E-state index in [4.69, 9.17) is 0 Å². The van der Waals surface area contributed by atoms with Crippen LogP contribution in [0.5, 0.6) is 0 Å². The molecule has 1 aliphatic heterocycles. The van der Waals surface area contributed by atoms with Crippen molar-refractivity contribution in [3.8, 4) is 0 Å². The lowest BCUT2D eigenvalue weighted by atomic mass is 10.3. The second-order valence-corrected chi connectivity index (χ2v) is 6.86. The first-order chi connectivity index (χ1) is 9.45. The molecule has 0 aromatic carbocycles. The van der Waals surface area contributed by atoms with Crippen molar-refractivity contribution in [2.24, 2.45) is 0 Å². The Morgan fingerprint density at radius 2 is 1.90 bits per heavy atom. The van der Waals surface area contributed by atoms with Crippen molar-refractivity contribution in [2.45, 2.75) is 6.92 Å². The molecule has 3 heterocycles. The van der Waals surface area contributed by atoms with Crippen molar-refractivity contribution in [3.63, 3.8) is 0 Å². The number of sulfonamides is 1. The molecule has 1 fully saturated rings. The van der Waals surface area contributed by atoms with Gasteiger partial charge in [0.2, 0.25) is 10.0 Å². The van der Waals surface area contributed by atoms with E-state index < -0.39 is 10.0 Å². The van der Waals surface area contributed by atoms with Crippen LogP contribution in [0.1, 0.15) is 5.69 Å². The number of aromatic nitrogens is 4. The van der Waals surface area contributed by atoms with Gasteiger partial charge in [-0.3, -0.25) is 0 Å². The molecule has 0 spiro atoms. The number of hydrogen-bond donors (Lipinski definition) is 0. The minimum absolute atomic E-state index is 0.483. The Kier molecular flexibility index (Phi) is 3.09. The van der Waals surface area contributed by atoms with Gasteiger partial charge in [0.25, 0.3) is 5.78 Å². The minimum atomic E-state index is -3.11. The number of anilines is 1. The van der Waals surface area contributed by atoms with E-state index in [0.29, 0.717) is 32.0 Å². The summed E-state index contributed by atoms with van der Waals surface area (Å²) in [5.74, 6) is 1.46. The first kappa shape index (κ1) is 13.3. The SMILES string of the molecule is Cc1cc(N2CCN(S(C)(=O)=O)CC2)n2ncnc2n1. The summed E-state index contributed by atoms with van der Waals surface area (Å²) in [6, 6.07) is 1.94. The molecule has 0 saturated carbocycles. The lowest BCUT2D eigenvalue weighted by Crippen LogP contribution is -2.48. The van der Waals surface area contributed by atoms with E-state index in [1.54, 1.807) is 4.52 Å². The maximum atomic E-state index is 11.5. The molecular formula is C11H16N6O2S. The molecule has 1 aliphatic rings. The second kappa shape index (κ2) is 4.67. The van der Waals surface area contributed by atoms with E-state index in [-0.39, 0.29) is 0 Å². The van der Waals surface area contributed by atoms with Crippen LogP contribution in [0.15, 0.2) is 12.4 Å². The van der Waals surface area contributed by atoms with E-state index in [1.807, 2.05) is 13.0 Å². The maximum Gasteiger partial charge on any atom is 0.254 e. The number of hydrogen-bond acceptors (Lipinski definition) is 6. The summed E-state index contributed by atoms with van der Waals surface area (Å²) >= 11 is 0. The molecule has 0 amide bonds. The second-order valence-electron chi connectivity index (χ2n) is 4.88. The number of aryl methyl sites for hydroxylation is 1. The molecule has 8 nitrogen and oxygen atoms in total. The molecular weight excluding hydrogens is 280 g/mol. The number of rotatable bonds is 2. The summed E-state index contributed by atoms with van der Waals surface area (Å²) in [7, 11) is -3.11. The molecule has 20 heavy (non-hydrogen) atoms. The van der Waals surface area contributed by atoms with Gasteiger partial charge in [-0.2, -0.15) is 18.9 Å². The summed E-state index contributed by atoms with van der Waals surface area (Å²) in [5.41, 5.74) is 0.867. The highest BCUT2D eigenvalue weighted by molar-refractivity contribution is 7.88. The van der Waals surface area contributed by atoms with Crippen molar-refractivity contribution in [1.29, 1.82) is 0 Å². The van der Waals surface area contributed by atoms with Gasteiger partial charge < -0.3 is 4.90 Å². The van der Waals surface area contributed by atoms with Crippen LogP contribution in [0, 0.1) is 6.92 Å². The van der Waals surface area contributed by atoms with Crippen LogP contribution >= 0.6 is 0 Å². The molecule has 0 N–H and O–H groups in total. The van der Waals surface area contributed by atoms with Gasteiger partial charge in [0, 0.05) is 37.9 Å². The van der Waals surface area contributed by atoms with E-state index in [1.165, 1.54) is 16.9 Å². The third kappa shape index (κ3) is 2.34. The Labute approximate surface area is 117 Å². The molecule has 9 heteroatoms. The van der Waals surface area contributed by atoms with Gasteiger partial charge in [0.15, 0.2) is 0 Å². The van der Waals surface area contributed by atoms with Crippen molar-refractivity contribution in [3.05, 3.63) is 18.1 Å². The Morgan fingerprint density at radius 1 is 1.20 bits per heavy atom. The van der Waals surface area contributed by atoms with Gasteiger partial charge in [0.05, 0.1) is 6.26 Å². The van der Waals surface area contributed by atoms with Crippen LogP contribution in [-0.4, -0.2) is 64.7 Å². The zero-order chi connectivity index (χ0) is 14.3. The lowest BCUT2D eigenvalue weighted by Gasteiger charge is -2.34. The Bertz CT molecular complexity index is 732. The fourth-order valence-electron chi connectivity index (χ4n) is 2.39. The average molecular weight is 296 g/mol. The predicted molar refractivity (Wildman–Crippen MR) is 74.1 cm³/mol. The molecule has 108 valence electrons. The van der Waals surface area contributed by atoms with Gasteiger partial charge in [-0.1, -0.05) is 0 Å². The molecule has 0 radical (unpaired) electrons. The maximum absolute atomic E-state index is 11.5. The fourth-order valence-corrected chi connectivity index (χ4v) is 3.21. The average Bonchev–Trinajstić information content (AvgIpc) is 2.85. The first-order valence-electron chi connectivity index (χ1n) is 6.32. The monoisotopic (exact) mass is 296 g/mol. The van der Waals surface area contributed by atoms with E-state index in [2.05, 4.69) is 20.0 Å². The van der Waals surface area contributed by atoms with Crippen LogP contribution in [0.2, 0.25) is 0 Å². The van der Waals surface area contributed by atoms with Crippen LogP contribution in [0.4, 0.5) is 5.82 Å². The predicted octanol–water partition coefficient (Wildman–Crippen LogP) is -0.486. The van der Waals surface area contributed by atoms with Crippen molar-refractivity contribution in [2.75, 3.05) is 37.3 Å². The number of piperazine rings is 1. The molecule has 0 unspecified atom stereocenters. The van der Waals surface area contributed by atoms with Crippen LogP contribution in [0.3, 0.4) is 0 Å². The smallest absolute Gasteiger partial charge is 0.254 e. The minimum Gasteiger partial charge on any atom is -0.354 e. The zero-order valence-electron chi connectivity index (χ0n) is 11.4. The van der Waals surface area contributed by atoms with E-state index in [0.717, 1.165) is 11.5 Å². The highest BCUT2D eigenvalue weighted by Crippen LogP contribution is 2.18. The topological polar surface area (TPSA) is 83.7 Å². The van der Waals surface area contributed by atoms with Crippen molar-refractivity contribution in [1.82, 2.24) is 23.9 Å². The van der Waals surface area contributed by atoms with Crippen molar-refractivity contribution < 1.29 is 8.42 Å². The normalized spacial score (nSPS) is 17.8. The molecule has 3 rings (SSSR count). The summed E-state index contributed by atoms with van der Waals surface area (Å²) in [6.07, 6.45) is 2.72. The molecule has 2 aromatic rings. The lowest BCUT2D eigenvalue weighted by molar-refractivity contribution is 0.386. The molecule has 0 aliphatic carbocycles. The van der Waals surface area contributed by atoms with E-state index >= 15 is 0 Å². The third-order valence-corrected chi connectivity index (χ3v) is 4.70. The van der Waals surface area contributed by atoms with Crippen molar-refractivity contribution >= 4 is 21.6 Å². The molecule has 0 atom stereocenters. The number of fused-ring (bicyclic) bond motifs is 1. The molecule has 0 bridgehead atoms. The summed E-state index contributed by atoms with van der Waals surface area (Å²) in [4.78, 5) is 10.5. The highest BCUT2D eigenvalue weighted by atomic mass is 32.2. The quantitative estimate of drug-likeness (QED) is 0.744. The van der Waals surface area contributed by atoms with Gasteiger partial charge in [-0.25, -0.2) is 13.4 Å². The Morgan fingerprint density at radius 3 is 2.55 bits per heavy atom. The summed E-state index contributed by atoms with van der Waals surface area (Å²) in [6.45, 7) is 4.13. The molecule has 2 aromatic heterocycles. The van der Waals surface area contributed by atoms with Gasteiger partial charge in [-0.05, 0) is 6.92 Å². The first-order valence-corrected chi connectivity index (χ1v) is 8.17. The van der Waals surface area contributed by atoms with Crippen LogP contribution in [-0.2, 0) is 10.0 Å². The number of nitrogens with zero attached hydrogens (tertiary/aromatic N) is 6. The third-order valence-electron chi connectivity index (χ3n) is 3.39. The van der Waals surface area contributed by atoms with Gasteiger partial charge >= 0.3 is 0 Å². The largest absolute Gasteiger partial charge is 0.354 e.